The fraction of sp³-hybridized carbons (Fsp3) is 0.185. The molecule has 0 radical (unpaired) electrons. The van der Waals surface area contributed by atoms with E-state index >= 15 is 0 Å². The molecule has 0 aliphatic carbocycles. The molecule has 164 valence electrons. The van der Waals surface area contributed by atoms with Crippen molar-refractivity contribution in [1.29, 1.82) is 0 Å². The largest absolute Gasteiger partial charge is 0.478 e. The van der Waals surface area contributed by atoms with E-state index in [9.17, 15) is 4.79 Å². The Kier molecular flexibility index (Phi) is 4.55. The Morgan fingerprint density at radius 1 is 1.15 bits per heavy atom. The van der Waals surface area contributed by atoms with Gasteiger partial charge in [-0.05, 0) is 48.4 Å². The number of fused-ring (bicyclic) bond motifs is 4. The molecule has 0 fully saturated rings. The van der Waals surface area contributed by atoms with Crippen LogP contribution in [-0.4, -0.2) is 27.0 Å². The monoisotopic (exact) mass is 437 g/mol. The van der Waals surface area contributed by atoms with E-state index in [1.165, 1.54) is 0 Å². The number of nitrogens with zero attached hydrogens (tertiary/aromatic N) is 3. The average Bonchev–Trinajstić information content (AvgIpc) is 3.33. The van der Waals surface area contributed by atoms with Crippen LogP contribution < -0.4 is 9.47 Å². The van der Waals surface area contributed by atoms with Gasteiger partial charge in [-0.2, -0.15) is 0 Å². The number of carbonyl (C=O) groups is 1. The van der Waals surface area contributed by atoms with Crippen molar-refractivity contribution in [3.63, 3.8) is 0 Å². The van der Waals surface area contributed by atoms with Gasteiger partial charge in [0, 0.05) is 55.2 Å². The van der Waals surface area contributed by atoms with Gasteiger partial charge in [-0.25, -0.2) is 0 Å². The fourth-order valence-electron chi connectivity index (χ4n) is 4.75. The molecule has 0 atom stereocenters. The summed E-state index contributed by atoms with van der Waals surface area (Å²) in [5.74, 6) is 1.69. The average molecular weight is 437 g/mol. The zero-order valence-corrected chi connectivity index (χ0v) is 18.5. The number of rotatable bonds is 3. The van der Waals surface area contributed by atoms with Gasteiger partial charge >= 0.3 is 0 Å². The second kappa shape index (κ2) is 7.60. The number of aromatic nitrogens is 2. The molecule has 33 heavy (non-hydrogen) atoms. The summed E-state index contributed by atoms with van der Waals surface area (Å²) in [5.41, 5.74) is 5.67. The van der Waals surface area contributed by atoms with Crippen molar-refractivity contribution in [2.45, 2.75) is 20.0 Å². The number of ketones is 1. The predicted molar refractivity (Wildman–Crippen MR) is 126 cm³/mol. The standard InChI is InChI=1S/C27H23N3O3/c1-17-11-23-21(15-30(16-32-23)13-18-7-9-28-10-8-18)27-25(17)26(31)24(33-27)12-19-14-29(2)22-6-4-3-5-20(19)22/h3-12,14H,13,15-16H2,1-2H3/b24-12-. The molecule has 2 aromatic carbocycles. The highest BCUT2D eigenvalue weighted by Crippen LogP contribution is 2.44. The van der Waals surface area contributed by atoms with E-state index in [-0.39, 0.29) is 5.78 Å². The van der Waals surface area contributed by atoms with Gasteiger partial charge in [-0.1, -0.05) is 18.2 Å². The van der Waals surface area contributed by atoms with Crippen LogP contribution in [0.4, 0.5) is 0 Å². The van der Waals surface area contributed by atoms with E-state index in [2.05, 4.69) is 26.6 Å². The second-order valence-corrected chi connectivity index (χ2v) is 8.64. The molecule has 2 aliphatic rings. The molecule has 0 saturated heterocycles. The first kappa shape index (κ1) is 19.8. The lowest BCUT2D eigenvalue weighted by Crippen LogP contribution is -2.31. The maximum Gasteiger partial charge on any atom is 0.232 e. The van der Waals surface area contributed by atoms with E-state index in [1.807, 2.05) is 56.6 Å². The van der Waals surface area contributed by atoms with Gasteiger partial charge in [0.15, 0.2) is 5.76 Å². The van der Waals surface area contributed by atoms with E-state index in [0.717, 1.165) is 45.5 Å². The van der Waals surface area contributed by atoms with Gasteiger partial charge in [0.2, 0.25) is 5.78 Å². The van der Waals surface area contributed by atoms with Crippen LogP contribution in [0.5, 0.6) is 11.5 Å². The number of para-hydroxylation sites is 1. The highest BCUT2D eigenvalue weighted by Gasteiger charge is 2.35. The Hall–Kier alpha value is -3.90. The Morgan fingerprint density at radius 2 is 1.97 bits per heavy atom. The third-order valence-corrected chi connectivity index (χ3v) is 6.36. The summed E-state index contributed by atoms with van der Waals surface area (Å²) in [4.78, 5) is 19.6. The van der Waals surface area contributed by atoms with Crippen molar-refractivity contribution in [2.75, 3.05) is 6.73 Å². The van der Waals surface area contributed by atoms with Crippen LogP contribution in [0, 0.1) is 6.92 Å². The van der Waals surface area contributed by atoms with Gasteiger partial charge < -0.3 is 14.0 Å². The van der Waals surface area contributed by atoms with Gasteiger partial charge in [0.1, 0.15) is 18.2 Å². The molecule has 2 aromatic heterocycles. The summed E-state index contributed by atoms with van der Waals surface area (Å²) in [6, 6.07) is 14.1. The Bertz CT molecular complexity index is 1440. The van der Waals surface area contributed by atoms with Crippen molar-refractivity contribution in [2.24, 2.45) is 7.05 Å². The third-order valence-electron chi connectivity index (χ3n) is 6.36. The molecule has 6 nitrogen and oxygen atoms in total. The lowest BCUT2D eigenvalue weighted by molar-refractivity contribution is 0.0872. The van der Waals surface area contributed by atoms with E-state index in [4.69, 9.17) is 9.47 Å². The number of aryl methyl sites for hydroxylation is 2. The summed E-state index contributed by atoms with van der Waals surface area (Å²) in [6.45, 7) is 3.81. The van der Waals surface area contributed by atoms with Crippen LogP contribution in [0.15, 0.2) is 66.8 Å². The first-order chi connectivity index (χ1) is 16.1. The van der Waals surface area contributed by atoms with Gasteiger partial charge in [-0.15, -0.1) is 0 Å². The van der Waals surface area contributed by atoms with E-state index in [1.54, 1.807) is 12.4 Å². The van der Waals surface area contributed by atoms with Gasteiger partial charge in [0.25, 0.3) is 0 Å². The molecule has 6 rings (SSSR count). The molecule has 6 heteroatoms. The minimum absolute atomic E-state index is 0.0792. The van der Waals surface area contributed by atoms with Crippen LogP contribution in [-0.2, 0) is 20.1 Å². The lowest BCUT2D eigenvalue weighted by Gasteiger charge is -2.30. The number of ether oxygens (including phenoxy) is 2. The number of hydrogen-bond donors (Lipinski definition) is 0. The third kappa shape index (κ3) is 3.31. The molecule has 0 N–H and O–H groups in total. The number of benzene rings is 2. The quantitative estimate of drug-likeness (QED) is 0.429. The highest BCUT2D eigenvalue weighted by atomic mass is 16.5. The molecule has 0 unspecified atom stereocenters. The number of carbonyl (C=O) groups excluding carboxylic acids is 1. The van der Waals surface area contributed by atoms with Crippen LogP contribution in [0.2, 0.25) is 0 Å². The fourth-order valence-corrected chi connectivity index (χ4v) is 4.75. The summed E-state index contributed by atoms with van der Waals surface area (Å²) >= 11 is 0. The molecular weight excluding hydrogens is 414 g/mol. The van der Waals surface area contributed by atoms with Crippen molar-refractivity contribution < 1.29 is 14.3 Å². The van der Waals surface area contributed by atoms with E-state index < -0.39 is 0 Å². The molecule has 0 spiro atoms. The molecule has 0 saturated carbocycles. The molecule has 2 aliphatic heterocycles. The SMILES string of the molecule is Cc1cc2c(c3c1C(=O)/C(=C/c1cn(C)c4ccccc14)O3)CN(Cc1ccncc1)CO2. The minimum atomic E-state index is -0.0792. The summed E-state index contributed by atoms with van der Waals surface area (Å²) in [6.07, 6.45) is 7.47. The van der Waals surface area contributed by atoms with Crippen LogP contribution in [0.3, 0.4) is 0 Å². The summed E-state index contributed by atoms with van der Waals surface area (Å²) in [7, 11) is 2.01. The highest BCUT2D eigenvalue weighted by molar-refractivity contribution is 6.16. The Morgan fingerprint density at radius 3 is 2.82 bits per heavy atom. The lowest BCUT2D eigenvalue weighted by atomic mass is 9.98. The molecule has 0 amide bonds. The van der Waals surface area contributed by atoms with Crippen LogP contribution >= 0.6 is 0 Å². The van der Waals surface area contributed by atoms with Gasteiger partial charge in [0.05, 0.1) is 11.1 Å². The maximum absolute atomic E-state index is 13.4. The Balaban J connectivity index is 1.36. The van der Waals surface area contributed by atoms with Crippen molar-refractivity contribution in [3.8, 4) is 11.5 Å². The van der Waals surface area contributed by atoms with E-state index in [0.29, 0.717) is 30.3 Å². The molecular formula is C27H23N3O3. The number of allylic oxidation sites excluding steroid dienone is 1. The number of Topliss-reactive ketones (excluding diaryl/α,β-unsaturated/α-hetero) is 1. The Labute approximate surface area is 191 Å². The molecule has 4 aromatic rings. The first-order valence-electron chi connectivity index (χ1n) is 11.0. The van der Waals surface area contributed by atoms with Crippen LogP contribution in [0.1, 0.15) is 32.6 Å². The van der Waals surface area contributed by atoms with Crippen molar-refractivity contribution in [3.05, 3.63) is 94.6 Å². The molecule has 4 heterocycles. The van der Waals surface area contributed by atoms with Crippen molar-refractivity contribution >= 4 is 22.8 Å². The first-order valence-corrected chi connectivity index (χ1v) is 11.0. The van der Waals surface area contributed by atoms with Crippen molar-refractivity contribution in [1.82, 2.24) is 14.5 Å². The minimum Gasteiger partial charge on any atom is -0.478 e. The predicted octanol–water partition coefficient (Wildman–Crippen LogP) is 4.85. The van der Waals surface area contributed by atoms with Gasteiger partial charge in [-0.3, -0.25) is 14.7 Å². The number of hydrogen-bond acceptors (Lipinski definition) is 5. The normalized spacial score (nSPS) is 16.5. The summed E-state index contributed by atoms with van der Waals surface area (Å²) < 4.78 is 14.4. The van der Waals surface area contributed by atoms with Crippen LogP contribution in [0.25, 0.3) is 17.0 Å². The second-order valence-electron chi connectivity index (χ2n) is 8.64. The number of pyridine rings is 1. The zero-order valence-electron chi connectivity index (χ0n) is 18.5. The summed E-state index contributed by atoms with van der Waals surface area (Å²) in [5, 5.41) is 1.09. The maximum atomic E-state index is 13.4. The zero-order chi connectivity index (χ0) is 22.5. The molecule has 0 bridgehead atoms. The smallest absolute Gasteiger partial charge is 0.232 e. The topological polar surface area (TPSA) is 56.6 Å².